The highest BCUT2D eigenvalue weighted by Crippen LogP contribution is 2.11. The predicted molar refractivity (Wildman–Crippen MR) is 73.1 cm³/mol. The summed E-state index contributed by atoms with van der Waals surface area (Å²) in [5.41, 5.74) is 2.12. The Labute approximate surface area is 111 Å². The van der Waals surface area contributed by atoms with Crippen LogP contribution in [-0.4, -0.2) is 22.2 Å². The van der Waals surface area contributed by atoms with Crippen LogP contribution < -0.4 is 5.32 Å². The monoisotopic (exact) mass is 263 g/mol. The van der Waals surface area contributed by atoms with Gasteiger partial charge in [-0.3, -0.25) is 9.48 Å². The van der Waals surface area contributed by atoms with Crippen LogP contribution in [0.2, 0.25) is 0 Å². The summed E-state index contributed by atoms with van der Waals surface area (Å²) in [6, 6.07) is 5.90. The number of carbonyl (C=O) groups is 1. The van der Waals surface area contributed by atoms with Crippen molar-refractivity contribution in [2.45, 2.75) is 26.8 Å². The minimum absolute atomic E-state index is 0.0154. The van der Waals surface area contributed by atoms with Crippen LogP contribution in [0.25, 0.3) is 0 Å². The summed E-state index contributed by atoms with van der Waals surface area (Å²) in [4.78, 5) is 12.5. The lowest BCUT2D eigenvalue weighted by atomic mass is 10.3. The molecule has 1 amide bonds. The molecule has 18 heavy (non-hydrogen) atoms. The maximum absolute atomic E-state index is 11.8. The van der Waals surface area contributed by atoms with Crippen molar-refractivity contribution in [3.63, 3.8) is 0 Å². The van der Waals surface area contributed by atoms with Gasteiger partial charge in [-0.15, -0.1) is 11.3 Å². The van der Waals surface area contributed by atoms with Crippen LogP contribution in [0.3, 0.4) is 0 Å². The number of hydrogen-bond acceptors (Lipinski definition) is 3. The fraction of sp³-hybridized carbons (Fsp3) is 0.385. The molecule has 0 saturated carbocycles. The number of nitrogens with one attached hydrogen (secondary N) is 1. The highest BCUT2D eigenvalue weighted by atomic mass is 32.1. The molecule has 0 fully saturated rings. The van der Waals surface area contributed by atoms with Gasteiger partial charge in [0.15, 0.2) is 0 Å². The Morgan fingerprint density at radius 1 is 1.56 bits per heavy atom. The molecular formula is C13H17N3OS. The van der Waals surface area contributed by atoms with Gasteiger partial charge < -0.3 is 5.32 Å². The summed E-state index contributed by atoms with van der Waals surface area (Å²) >= 11 is 1.45. The molecule has 2 rings (SSSR count). The summed E-state index contributed by atoms with van der Waals surface area (Å²) in [5, 5.41) is 9.25. The molecule has 5 heteroatoms. The normalized spacial score (nSPS) is 12.4. The van der Waals surface area contributed by atoms with E-state index in [0.29, 0.717) is 6.54 Å². The van der Waals surface area contributed by atoms with E-state index in [2.05, 4.69) is 10.4 Å². The van der Waals surface area contributed by atoms with Gasteiger partial charge in [0.05, 0.1) is 16.6 Å². The lowest BCUT2D eigenvalue weighted by molar-refractivity contribution is 0.0952. The van der Waals surface area contributed by atoms with Gasteiger partial charge in [-0.2, -0.15) is 5.10 Å². The first-order valence-electron chi connectivity index (χ1n) is 5.92. The minimum atomic E-state index is -0.0154. The van der Waals surface area contributed by atoms with Crippen LogP contribution in [-0.2, 0) is 0 Å². The minimum Gasteiger partial charge on any atom is -0.349 e. The molecule has 1 unspecified atom stereocenters. The molecule has 0 radical (unpaired) electrons. The SMILES string of the molecule is Cc1cc(C)n(C(C)CNC(=O)c2cccs2)n1. The Morgan fingerprint density at radius 3 is 2.89 bits per heavy atom. The van der Waals surface area contributed by atoms with Crippen LogP contribution in [0.4, 0.5) is 0 Å². The van der Waals surface area contributed by atoms with Crippen molar-refractivity contribution in [3.05, 3.63) is 39.8 Å². The fourth-order valence-corrected chi connectivity index (χ4v) is 2.55. The van der Waals surface area contributed by atoms with Gasteiger partial charge in [-0.25, -0.2) is 0 Å². The number of aromatic nitrogens is 2. The predicted octanol–water partition coefficient (Wildman–Crippen LogP) is 2.55. The van der Waals surface area contributed by atoms with E-state index in [1.165, 1.54) is 11.3 Å². The van der Waals surface area contributed by atoms with Crippen LogP contribution in [0.5, 0.6) is 0 Å². The first-order chi connectivity index (χ1) is 8.58. The van der Waals surface area contributed by atoms with Gasteiger partial charge in [-0.1, -0.05) is 6.07 Å². The number of amides is 1. The first-order valence-corrected chi connectivity index (χ1v) is 6.80. The summed E-state index contributed by atoms with van der Waals surface area (Å²) in [6.07, 6.45) is 0. The number of aryl methyl sites for hydroxylation is 2. The van der Waals surface area contributed by atoms with Crippen LogP contribution in [0.1, 0.15) is 34.0 Å². The van der Waals surface area contributed by atoms with Crippen molar-refractivity contribution in [1.29, 1.82) is 0 Å². The van der Waals surface area contributed by atoms with E-state index in [1.54, 1.807) is 0 Å². The molecule has 96 valence electrons. The molecule has 2 aromatic rings. The zero-order valence-corrected chi connectivity index (χ0v) is 11.6. The zero-order valence-electron chi connectivity index (χ0n) is 10.8. The first kappa shape index (κ1) is 12.8. The lowest BCUT2D eigenvalue weighted by Gasteiger charge is -2.14. The molecule has 2 aromatic heterocycles. The number of thiophene rings is 1. The van der Waals surface area contributed by atoms with Crippen LogP contribution in [0, 0.1) is 13.8 Å². The van der Waals surface area contributed by atoms with Crippen molar-refractivity contribution in [2.75, 3.05) is 6.54 Å². The summed E-state index contributed by atoms with van der Waals surface area (Å²) in [6.45, 7) is 6.63. The Morgan fingerprint density at radius 2 is 2.33 bits per heavy atom. The fourth-order valence-electron chi connectivity index (χ4n) is 1.91. The lowest BCUT2D eigenvalue weighted by Crippen LogP contribution is -2.29. The van der Waals surface area contributed by atoms with Crippen LogP contribution >= 0.6 is 11.3 Å². The molecule has 0 saturated heterocycles. The molecule has 1 N–H and O–H groups in total. The van der Waals surface area contributed by atoms with E-state index >= 15 is 0 Å². The quantitative estimate of drug-likeness (QED) is 0.921. The second-order valence-electron chi connectivity index (χ2n) is 4.41. The number of nitrogens with zero attached hydrogens (tertiary/aromatic N) is 2. The molecule has 0 aliphatic heterocycles. The Bertz CT molecular complexity index is 530. The second kappa shape index (κ2) is 5.35. The van der Waals surface area contributed by atoms with Gasteiger partial charge in [0.2, 0.25) is 0 Å². The number of carbonyl (C=O) groups excluding carboxylic acids is 1. The third-order valence-electron chi connectivity index (χ3n) is 2.77. The van der Waals surface area contributed by atoms with E-state index in [9.17, 15) is 4.79 Å². The number of rotatable bonds is 4. The maximum atomic E-state index is 11.8. The molecule has 0 aromatic carbocycles. The molecule has 1 atom stereocenters. The van der Waals surface area contributed by atoms with E-state index in [4.69, 9.17) is 0 Å². The molecule has 0 spiro atoms. The Balaban J connectivity index is 1.94. The third-order valence-corrected chi connectivity index (χ3v) is 3.63. The second-order valence-corrected chi connectivity index (χ2v) is 5.36. The van der Waals surface area contributed by atoms with Gasteiger partial charge in [0, 0.05) is 12.2 Å². The van der Waals surface area contributed by atoms with Crippen molar-refractivity contribution in [2.24, 2.45) is 0 Å². The van der Waals surface area contributed by atoms with E-state index < -0.39 is 0 Å². The molecule has 4 nitrogen and oxygen atoms in total. The van der Waals surface area contributed by atoms with Gasteiger partial charge in [-0.05, 0) is 38.3 Å². The van der Waals surface area contributed by atoms with Gasteiger partial charge >= 0.3 is 0 Å². The molecule has 0 bridgehead atoms. The average molecular weight is 263 g/mol. The van der Waals surface area contributed by atoms with E-state index in [1.807, 2.05) is 49.0 Å². The maximum Gasteiger partial charge on any atom is 0.261 e. The standard InChI is InChI=1S/C13H17N3OS/c1-9-7-10(2)16(15-9)11(3)8-14-13(17)12-5-4-6-18-12/h4-7,11H,8H2,1-3H3,(H,14,17). The van der Waals surface area contributed by atoms with Crippen molar-refractivity contribution in [1.82, 2.24) is 15.1 Å². The van der Waals surface area contributed by atoms with E-state index in [0.717, 1.165) is 16.3 Å². The van der Waals surface area contributed by atoms with Crippen molar-refractivity contribution < 1.29 is 4.79 Å². The largest absolute Gasteiger partial charge is 0.349 e. The topological polar surface area (TPSA) is 46.9 Å². The summed E-state index contributed by atoms with van der Waals surface area (Å²) < 4.78 is 1.95. The van der Waals surface area contributed by atoms with Crippen LogP contribution in [0.15, 0.2) is 23.6 Å². The van der Waals surface area contributed by atoms with Crippen molar-refractivity contribution >= 4 is 17.2 Å². The molecule has 0 aliphatic carbocycles. The zero-order chi connectivity index (χ0) is 13.1. The van der Waals surface area contributed by atoms with Gasteiger partial charge in [0.25, 0.3) is 5.91 Å². The third kappa shape index (κ3) is 2.79. The molecule has 0 aliphatic rings. The molecular weight excluding hydrogens is 246 g/mol. The van der Waals surface area contributed by atoms with Crippen molar-refractivity contribution in [3.8, 4) is 0 Å². The highest BCUT2D eigenvalue weighted by Gasteiger charge is 2.12. The molecule has 2 heterocycles. The highest BCUT2D eigenvalue weighted by molar-refractivity contribution is 7.12. The summed E-state index contributed by atoms with van der Waals surface area (Å²) in [7, 11) is 0. The summed E-state index contributed by atoms with van der Waals surface area (Å²) in [5.74, 6) is -0.0154. The Kier molecular flexibility index (Phi) is 3.81. The van der Waals surface area contributed by atoms with Gasteiger partial charge in [0.1, 0.15) is 0 Å². The smallest absolute Gasteiger partial charge is 0.261 e. The number of hydrogen-bond donors (Lipinski definition) is 1. The Hall–Kier alpha value is -1.62. The average Bonchev–Trinajstić information content (AvgIpc) is 2.95. The van der Waals surface area contributed by atoms with E-state index in [-0.39, 0.29) is 11.9 Å².